The van der Waals surface area contributed by atoms with Crippen LogP contribution in [0.25, 0.3) is 0 Å². The van der Waals surface area contributed by atoms with Crippen LogP contribution in [0.2, 0.25) is 0 Å². The van der Waals surface area contributed by atoms with E-state index in [1.165, 1.54) is 32.5 Å². The molecule has 0 aromatic carbocycles. The Morgan fingerprint density at radius 3 is 2.00 bits per heavy atom. The molecule has 1 heterocycles. The Balaban J connectivity index is 2.40. The molecule has 0 unspecified atom stereocenters. The summed E-state index contributed by atoms with van der Waals surface area (Å²) in [7, 11) is 4.35. The highest BCUT2D eigenvalue weighted by Crippen LogP contribution is 2.30. The highest BCUT2D eigenvalue weighted by molar-refractivity contribution is 4.93. The van der Waals surface area contributed by atoms with Gasteiger partial charge in [0.15, 0.2) is 0 Å². The molecule has 1 rings (SSSR count). The SMILES string of the molecule is CN(C)CC1CCN(CC(C)(C)C(C)(C)N)CC1. The molecule has 0 spiro atoms. The fourth-order valence-electron chi connectivity index (χ4n) is 2.61. The predicted octanol–water partition coefficient (Wildman–Crippen LogP) is 2.02. The minimum atomic E-state index is -0.118. The topological polar surface area (TPSA) is 32.5 Å². The Morgan fingerprint density at radius 2 is 1.61 bits per heavy atom. The van der Waals surface area contributed by atoms with Crippen molar-refractivity contribution in [3.63, 3.8) is 0 Å². The van der Waals surface area contributed by atoms with Crippen LogP contribution in [0.4, 0.5) is 0 Å². The normalized spacial score (nSPS) is 20.7. The summed E-state index contributed by atoms with van der Waals surface area (Å²) in [5.41, 5.74) is 6.34. The van der Waals surface area contributed by atoms with E-state index < -0.39 is 0 Å². The predicted molar refractivity (Wildman–Crippen MR) is 79.8 cm³/mol. The molecule has 1 fully saturated rings. The van der Waals surface area contributed by atoms with Gasteiger partial charge in [0.25, 0.3) is 0 Å². The molecule has 18 heavy (non-hydrogen) atoms. The molecule has 0 aromatic heterocycles. The van der Waals surface area contributed by atoms with Crippen molar-refractivity contribution in [1.29, 1.82) is 0 Å². The first-order valence-electron chi connectivity index (χ1n) is 7.28. The van der Waals surface area contributed by atoms with Gasteiger partial charge in [0.1, 0.15) is 0 Å². The third-order valence-corrected chi connectivity index (χ3v) is 4.69. The number of nitrogens with zero attached hydrogens (tertiary/aromatic N) is 2. The lowest BCUT2D eigenvalue weighted by molar-refractivity contribution is 0.0809. The number of piperidine rings is 1. The second-order valence-corrected chi connectivity index (χ2v) is 7.59. The second-order valence-electron chi connectivity index (χ2n) is 7.59. The molecule has 108 valence electrons. The Hall–Kier alpha value is -0.120. The van der Waals surface area contributed by atoms with Crippen molar-refractivity contribution < 1.29 is 0 Å². The summed E-state index contributed by atoms with van der Waals surface area (Å²) in [6.07, 6.45) is 2.67. The maximum atomic E-state index is 6.29. The van der Waals surface area contributed by atoms with Crippen LogP contribution in [-0.4, -0.2) is 55.6 Å². The van der Waals surface area contributed by atoms with Crippen LogP contribution in [0.1, 0.15) is 40.5 Å². The van der Waals surface area contributed by atoms with Gasteiger partial charge >= 0.3 is 0 Å². The smallest absolute Gasteiger partial charge is 0.0161 e. The Morgan fingerprint density at radius 1 is 1.11 bits per heavy atom. The van der Waals surface area contributed by atoms with E-state index in [0.717, 1.165) is 12.5 Å². The van der Waals surface area contributed by atoms with Gasteiger partial charge in [0, 0.05) is 18.6 Å². The number of hydrogen-bond donors (Lipinski definition) is 1. The Bertz CT molecular complexity index is 245. The van der Waals surface area contributed by atoms with Gasteiger partial charge in [0.05, 0.1) is 0 Å². The van der Waals surface area contributed by atoms with Crippen LogP contribution in [-0.2, 0) is 0 Å². The summed E-state index contributed by atoms with van der Waals surface area (Å²) in [6, 6.07) is 0. The number of likely N-dealkylation sites (tertiary alicyclic amines) is 1. The minimum Gasteiger partial charge on any atom is -0.325 e. The van der Waals surface area contributed by atoms with Crippen LogP contribution < -0.4 is 5.73 Å². The van der Waals surface area contributed by atoms with Gasteiger partial charge in [-0.3, -0.25) is 0 Å². The number of hydrogen-bond acceptors (Lipinski definition) is 3. The van der Waals surface area contributed by atoms with E-state index in [0.29, 0.717) is 0 Å². The average Bonchev–Trinajstić information content (AvgIpc) is 2.18. The monoisotopic (exact) mass is 255 g/mol. The van der Waals surface area contributed by atoms with Crippen LogP contribution in [0.3, 0.4) is 0 Å². The van der Waals surface area contributed by atoms with Gasteiger partial charge in [0.2, 0.25) is 0 Å². The Labute approximate surface area is 114 Å². The van der Waals surface area contributed by atoms with Crippen LogP contribution in [0.15, 0.2) is 0 Å². The van der Waals surface area contributed by atoms with Crippen molar-refractivity contribution in [3.8, 4) is 0 Å². The quantitative estimate of drug-likeness (QED) is 0.816. The molecule has 2 N–H and O–H groups in total. The van der Waals surface area contributed by atoms with E-state index in [9.17, 15) is 0 Å². The molecule has 1 saturated heterocycles. The largest absolute Gasteiger partial charge is 0.325 e. The van der Waals surface area contributed by atoms with Crippen molar-refractivity contribution >= 4 is 0 Å². The molecule has 0 amide bonds. The van der Waals surface area contributed by atoms with Crippen molar-refractivity contribution in [2.45, 2.75) is 46.1 Å². The van der Waals surface area contributed by atoms with Gasteiger partial charge < -0.3 is 15.5 Å². The summed E-state index contributed by atoms with van der Waals surface area (Å²) in [4.78, 5) is 4.91. The maximum Gasteiger partial charge on any atom is 0.0161 e. The molecule has 0 radical (unpaired) electrons. The highest BCUT2D eigenvalue weighted by Gasteiger charge is 2.35. The molecule has 3 nitrogen and oxygen atoms in total. The zero-order chi connectivity index (χ0) is 14.0. The average molecular weight is 255 g/mol. The van der Waals surface area contributed by atoms with E-state index in [4.69, 9.17) is 5.73 Å². The standard InChI is InChI=1S/C15H33N3/c1-14(2,15(3,4)16)12-18-9-7-13(8-10-18)11-17(5)6/h13H,7-12,16H2,1-6H3. The molecular weight excluding hydrogens is 222 g/mol. The summed E-state index contributed by atoms with van der Waals surface area (Å²) >= 11 is 0. The maximum absolute atomic E-state index is 6.29. The van der Waals surface area contributed by atoms with Crippen LogP contribution in [0.5, 0.6) is 0 Å². The van der Waals surface area contributed by atoms with Crippen molar-refractivity contribution in [2.75, 3.05) is 40.3 Å². The second kappa shape index (κ2) is 5.89. The highest BCUT2D eigenvalue weighted by atomic mass is 15.1. The van der Waals surface area contributed by atoms with E-state index in [2.05, 4.69) is 51.6 Å². The molecule has 0 aromatic rings. The first-order valence-corrected chi connectivity index (χ1v) is 7.28. The van der Waals surface area contributed by atoms with Gasteiger partial charge in [-0.05, 0) is 65.2 Å². The fraction of sp³-hybridized carbons (Fsp3) is 1.00. The lowest BCUT2D eigenvalue weighted by Crippen LogP contribution is -2.54. The number of rotatable bonds is 5. The van der Waals surface area contributed by atoms with Crippen LogP contribution in [0, 0.1) is 11.3 Å². The van der Waals surface area contributed by atoms with Gasteiger partial charge in [-0.15, -0.1) is 0 Å². The van der Waals surface area contributed by atoms with E-state index in [-0.39, 0.29) is 11.0 Å². The van der Waals surface area contributed by atoms with Crippen molar-refractivity contribution in [1.82, 2.24) is 9.80 Å². The lowest BCUT2D eigenvalue weighted by atomic mass is 9.74. The summed E-state index contributed by atoms with van der Waals surface area (Å²) in [5, 5.41) is 0. The molecule has 1 aliphatic rings. The third-order valence-electron chi connectivity index (χ3n) is 4.69. The van der Waals surface area contributed by atoms with E-state index >= 15 is 0 Å². The molecule has 0 aliphatic carbocycles. The molecule has 3 heteroatoms. The zero-order valence-electron chi connectivity index (χ0n) is 13.3. The van der Waals surface area contributed by atoms with Crippen molar-refractivity contribution in [3.05, 3.63) is 0 Å². The van der Waals surface area contributed by atoms with E-state index in [1.807, 2.05) is 0 Å². The van der Waals surface area contributed by atoms with Gasteiger partial charge in [-0.1, -0.05) is 13.8 Å². The van der Waals surface area contributed by atoms with Gasteiger partial charge in [-0.2, -0.15) is 0 Å². The minimum absolute atomic E-state index is 0.118. The van der Waals surface area contributed by atoms with E-state index in [1.54, 1.807) is 0 Å². The fourth-order valence-corrected chi connectivity index (χ4v) is 2.61. The first kappa shape index (κ1) is 15.9. The molecule has 0 saturated carbocycles. The van der Waals surface area contributed by atoms with Gasteiger partial charge in [-0.25, -0.2) is 0 Å². The Kier molecular flexibility index (Phi) is 5.22. The number of nitrogens with two attached hydrogens (primary N) is 1. The first-order chi connectivity index (χ1) is 8.12. The summed E-state index contributed by atoms with van der Waals surface area (Å²) in [6.45, 7) is 13.7. The molecule has 0 atom stereocenters. The molecule has 0 bridgehead atoms. The van der Waals surface area contributed by atoms with Crippen LogP contribution >= 0.6 is 0 Å². The third kappa shape index (κ3) is 4.52. The van der Waals surface area contributed by atoms with Crippen molar-refractivity contribution in [2.24, 2.45) is 17.1 Å². The molecule has 1 aliphatic heterocycles. The lowest BCUT2D eigenvalue weighted by Gasteiger charge is -2.44. The summed E-state index contributed by atoms with van der Waals surface area (Å²) in [5.74, 6) is 0.880. The summed E-state index contributed by atoms with van der Waals surface area (Å²) < 4.78 is 0. The zero-order valence-corrected chi connectivity index (χ0v) is 13.3. The molecular formula is C15H33N3.